The van der Waals surface area contributed by atoms with E-state index in [2.05, 4.69) is 48.2 Å². The molecule has 0 radical (unpaired) electrons. The lowest BCUT2D eigenvalue weighted by atomic mass is 10.1. The molecule has 0 bridgehead atoms. The SMILES string of the molecule is CCNC(=NCC(O)c1cccc(OC)c1)NCCN(C(C)C)C(C)C. The van der Waals surface area contributed by atoms with Crippen molar-refractivity contribution >= 4 is 5.96 Å². The summed E-state index contributed by atoms with van der Waals surface area (Å²) < 4.78 is 5.21. The molecule has 0 aliphatic rings. The van der Waals surface area contributed by atoms with Crippen molar-refractivity contribution < 1.29 is 9.84 Å². The fraction of sp³-hybridized carbons (Fsp3) is 0.650. The minimum absolute atomic E-state index is 0.292. The van der Waals surface area contributed by atoms with Crippen molar-refractivity contribution in [3.8, 4) is 5.75 Å². The Balaban J connectivity index is 2.61. The summed E-state index contributed by atoms with van der Waals surface area (Å²) >= 11 is 0. The van der Waals surface area contributed by atoms with Crippen LogP contribution in [0.25, 0.3) is 0 Å². The zero-order chi connectivity index (χ0) is 19.5. The van der Waals surface area contributed by atoms with Gasteiger partial charge in [0.05, 0.1) is 19.8 Å². The van der Waals surface area contributed by atoms with Crippen LogP contribution in [0.5, 0.6) is 5.75 Å². The first kappa shape index (κ1) is 22.3. The highest BCUT2D eigenvalue weighted by atomic mass is 16.5. The van der Waals surface area contributed by atoms with Gasteiger partial charge in [-0.1, -0.05) is 12.1 Å². The van der Waals surface area contributed by atoms with Crippen LogP contribution in [-0.4, -0.2) is 61.3 Å². The second kappa shape index (κ2) is 11.8. The van der Waals surface area contributed by atoms with Gasteiger partial charge in [-0.05, 0) is 52.3 Å². The van der Waals surface area contributed by atoms with Crippen LogP contribution in [0.2, 0.25) is 0 Å². The van der Waals surface area contributed by atoms with Gasteiger partial charge >= 0.3 is 0 Å². The van der Waals surface area contributed by atoms with E-state index < -0.39 is 6.10 Å². The van der Waals surface area contributed by atoms with Crippen LogP contribution in [0, 0.1) is 0 Å². The van der Waals surface area contributed by atoms with Gasteiger partial charge in [-0.25, -0.2) is 0 Å². The molecule has 6 heteroatoms. The van der Waals surface area contributed by atoms with Crippen molar-refractivity contribution in [3.63, 3.8) is 0 Å². The van der Waals surface area contributed by atoms with Crippen molar-refractivity contribution in [2.75, 3.05) is 33.3 Å². The Morgan fingerprint density at radius 3 is 2.46 bits per heavy atom. The van der Waals surface area contributed by atoms with Crippen molar-refractivity contribution in [3.05, 3.63) is 29.8 Å². The Hall–Kier alpha value is -1.79. The van der Waals surface area contributed by atoms with Crippen molar-refractivity contribution in [2.45, 2.75) is 52.8 Å². The van der Waals surface area contributed by atoms with Crippen LogP contribution >= 0.6 is 0 Å². The average molecular weight is 365 g/mol. The van der Waals surface area contributed by atoms with E-state index in [4.69, 9.17) is 4.74 Å². The molecule has 0 aliphatic carbocycles. The minimum Gasteiger partial charge on any atom is -0.497 e. The lowest BCUT2D eigenvalue weighted by Crippen LogP contribution is -2.45. The summed E-state index contributed by atoms with van der Waals surface area (Å²) in [6, 6.07) is 8.46. The number of ether oxygens (including phenoxy) is 1. The normalized spacial score (nSPS) is 13.4. The quantitative estimate of drug-likeness (QED) is 0.439. The smallest absolute Gasteiger partial charge is 0.191 e. The summed E-state index contributed by atoms with van der Waals surface area (Å²) in [7, 11) is 1.62. The van der Waals surface area contributed by atoms with Gasteiger partial charge in [-0.3, -0.25) is 9.89 Å². The number of aliphatic imine (C=N–C) groups is 1. The Kier molecular flexibility index (Phi) is 10.1. The van der Waals surface area contributed by atoms with Crippen LogP contribution < -0.4 is 15.4 Å². The number of rotatable bonds is 10. The molecule has 0 aliphatic heterocycles. The lowest BCUT2D eigenvalue weighted by Gasteiger charge is -2.30. The molecule has 1 atom stereocenters. The predicted molar refractivity (Wildman–Crippen MR) is 109 cm³/mol. The Labute approximate surface area is 158 Å². The monoisotopic (exact) mass is 364 g/mol. The molecule has 1 aromatic carbocycles. The first-order valence-corrected chi connectivity index (χ1v) is 9.48. The number of methoxy groups -OCH3 is 1. The van der Waals surface area contributed by atoms with Crippen LogP contribution in [-0.2, 0) is 0 Å². The first-order valence-electron chi connectivity index (χ1n) is 9.48. The number of aliphatic hydroxyl groups is 1. The Morgan fingerprint density at radius 1 is 1.19 bits per heavy atom. The number of benzene rings is 1. The van der Waals surface area contributed by atoms with E-state index in [1.807, 2.05) is 31.2 Å². The minimum atomic E-state index is -0.664. The maximum Gasteiger partial charge on any atom is 0.191 e. The maximum atomic E-state index is 10.4. The van der Waals surface area contributed by atoms with Crippen LogP contribution in [0.3, 0.4) is 0 Å². The Bertz CT molecular complexity index is 538. The van der Waals surface area contributed by atoms with Crippen LogP contribution in [0.15, 0.2) is 29.3 Å². The summed E-state index contributed by atoms with van der Waals surface area (Å²) in [6.45, 7) is 13.7. The molecule has 1 unspecified atom stereocenters. The number of hydrogen-bond donors (Lipinski definition) is 3. The molecule has 26 heavy (non-hydrogen) atoms. The summed E-state index contributed by atoms with van der Waals surface area (Å²) in [6.07, 6.45) is -0.664. The molecule has 0 heterocycles. The van der Waals surface area contributed by atoms with E-state index in [1.54, 1.807) is 7.11 Å². The molecule has 0 spiro atoms. The third-order valence-electron chi connectivity index (χ3n) is 4.23. The van der Waals surface area contributed by atoms with Gasteiger partial charge in [0.2, 0.25) is 0 Å². The van der Waals surface area contributed by atoms with Crippen molar-refractivity contribution in [2.24, 2.45) is 4.99 Å². The lowest BCUT2D eigenvalue weighted by molar-refractivity contribution is 0.178. The van der Waals surface area contributed by atoms with E-state index in [0.717, 1.165) is 36.9 Å². The van der Waals surface area contributed by atoms with Crippen molar-refractivity contribution in [1.82, 2.24) is 15.5 Å². The second-order valence-electron chi connectivity index (χ2n) is 6.86. The highest BCUT2D eigenvalue weighted by Gasteiger charge is 2.13. The second-order valence-corrected chi connectivity index (χ2v) is 6.86. The molecule has 0 saturated carbocycles. The van der Waals surface area contributed by atoms with Gasteiger partial charge in [0.25, 0.3) is 0 Å². The standard InChI is InChI=1S/C20H36N4O2/c1-7-21-20(22-11-12-24(15(2)3)16(4)5)23-14-19(25)17-9-8-10-18(13-17)26-6/h8-10,13,15-16,19,25H,7,11-12,14H2,1-6H3,(H2,21,22,23). The number of nitrogens with zero attached hydrogens (tertiary/aromatic N) is 2. The molecule has 6 nitrogen and oxygen atoms in total. The number of guanidine groups is 1. The van der Waals surface area contributed by atoms with Gasteiger partial charge in [0, 0.05) is 31.7 Å². The highest BCUT2D eigenvalue weighted by Crippen LogP contribution is 2.19. The van der Waals surface area contributed by atoms with E-state index in [9.17, 15) is 5.11 Å². The third-order valence-corrected chi connectivity index (χ3v) is 4.23. The molecular formula is C20H36N4O2. The van der Waals surface area contributed by atoms with E-state index in [1.165, 1.54) is 0 Å². The van der Waals surface area contributed by atoms with Gasteiger partial charge in [0.1, 0.15) is 5.75 Å². The summed E-state index contributed by atoms with van der Waals surface area (Å²) in [5.41, 5.74) is 0.801. The maximum absolute atomic E-state index is 10.4. The summed E-state index contributed by atoms with van der Waals surface area (Å²) in [5.74, 6) is 1.46. The predicted octanol–water partition coefficient (Wildman–Crippen LogP) is 2.40. The van der Waals surface area contributed by atoms with Gasteiger partial charge in [-0.15, -0.1) is 0 Å². The fourth-order valence-electron chi connectivity index (χ4n) is 2.89. The molecule has 3 N–H and O–H groups in total. The van der Waals surface area contributed by atoms with E-state index in [-0.39, 0.29) is 0 Å². The average Bonchev–Trinajstić information content (AvgIpc) is 2.62. The van der Waals surface area contributed by atoms with Gasteiger partial charge in [0.15, 0.2) is 5.96 Å². The highest BCUT2D eigenvalue weighted by molar-refractivity contribution is 5.79. The third kappa shape index (κ3) is 7.62. The molecular weight excluding hydrogens is 328 g/mol. The van der Waals surface area contributed by atoms with Crippen molar-refractivity contribution in [1.29, 1.82) is 0 Å². The van der Waals surface area contributed by atoms with Crippen LogP contribution in [0.4, 0.5) is 0 Å². The molecule has 148 valence electrons. The molecule has 0 saturated heterocycles. The molecule has 0 amide bonds. The molecule has 1 aromatic rings. The Morgan fingerprint density at radius 2 is 1.88 bits per heavy atom. The zero-order valence-corrected chi connectivity index (χ0v) is 17.1. The first-order chi connectivity index (χ1) is 12.4. The summed E-state index contributed by atoms with van der Waals surface area (Å²) in [5, 5.41) is 17.0. The van der Waals surface area contributed by atoms with Crippen LogP contribution in [0.1, 0.15) is 46.3 Å². The summed E-state index contributed by atoms with van der Waals surface area (Å²) in [4.78, 5) is 6.95. The van der Waals surface area contributed by atoms with E-state index >= 15 is 0 Å². The molecule has 0 aromatic heterocycles. The largest absolute Gasteiger partial charge is 0.497 e. The number of nitrogens with one attached hydrogen (secondary N) is 2. The molecule has 1 rings (SSSR count). The zero-order valence-electron chi connectivity index (χ0n) is 17.1. The number of aliphatic hydroxyl groups excluding tert-OH is 1. The number of hydrogen-bond acceptors (Lipinski definition) is 4. The topological polar surface area (TPSA) is 69.1 Å². The van der Waals surface area contributed by atoms with Gasteiger partial charge < -0.3 is 20.5 Å². The fourth-order valence-corrected chi connectivity index (χ4v) is 2.89. The van der Waals surface area contributed by atoms with E-state index in [0.29, 0.717) is 18.6 Å². The molecule has 0 fully saturated rings. The van der Waals surface area contributed by atoms with Gasteiger partial charge in [-0.2, -0.15) is 0 Å².